The van der Waals surface area contributed by atoms with Gasteiger partial charge in [0.05, 0.1) is 49.1 Å². The van der Waals surface area contributed by atoms with Crippen LogP contribution in [0.3, 0.4) is 0 Å². The fourth-order valence-corrected chi connectivity index (χ4v) is 1.81. The van der Waals surface area contributed by atoms with Crippen LogP contribution in [0.1, 0.15) is 10.4 Å². The first-order chi connectivity index (χ1) is 10.1. The lowest BCUT2D eigenvalue weighted by molar-refractivity contribution is 0.0601. The second kappa shape index (κ2) is 6.76. The zero-order valence-electron chi connectivity index (χ0n) is 12.0. The number of rotatable bonds is 6. The van der Waals surface area contributed by atoms with Gasteiger partial charge in [0, 0.05) is 13.3 Å². The summed E-state index contributed by atoms with van der Waals surface area (Å²) in [6.45, 7) is 1.27. The van der Waals surface area contributed by atoms with Gasteiger partial charge in [-0.25, -0.2) is 4.79 Å². The second-order valence-corrected chi connectivity index (χ2v) is 4.40. The fourth-order valence-electron chi connectivity index (χ4n) is 1.81. The zero-order valence-corrected chi connectivity index (χ0v) is 12.0. The number of nitrogens with zero attached hydrogens (tertiary/aromatic N) is 2. The van der Waals surface area contributed by atoms with Gasteiger partial charge in [0.15, 0.2) is 0 Å². The highest BCUT2D eigenvalue weighted by Crippen LogP contribution is 2.24. The monoisotopic (exact) mass is 290 g/mol. The normalized spacial score (nSPS) is 10.4. The summed E-state index contributed by atoms with van der Waals surface area (Å²) in [5.74, 6) is -0.416. The summed E-state index contributed by atoms with van der Waals surface area (Å²) in [7, 11) is 2.98. The molecule has 7 heteroatoms. The van der Waals surface area contributed by atoms with Crippen molar-refractivity contribution in [3.63, 3.8) is 0 Å². The molecular weight excluding hydrogens is 272 g/mol. The number of carbonyl (C=O) groups excluding carboxylic acids is 1. The molecule has 1 aromatic heterocycles. The quantitative estimate of drug-likeness (QED) is 0.621. The van der Waals surface area contributed by atoms with Crippen LogP contribution in [0.25, 0.3) is 0 Å². The number of esters is 1. The summed E-state index contributed by atoms with van der Waals surface area (Å²) < 4.78 is 11.4. The van der Waals surface area contributed by atoms with Gasteiger partial charge < -0.3 is 20.5 Å². The Balaban J connectivity index is 2.09. The van der Waals surface area contributed by atoms with E-state index in [-0.39, 0.29) is 0 Å². The number of anilines is 3. The maximum absolute atomic E-state index is 11.4. The Morgan fingerprint density at radius 1 is 1.43 bits per heavy atom. The van der Waals surface area contributed by atoms with Crippen molar-refractivity contribution in [1.29, 1.82) is 0 Å². The smallest absolute Gasteiger partial charge is 0.337 e. The van der Waals surface area contributed by atoms with Gasteiger partial charge in [-0.15, -0.1) is 0 Å². The van der Waals surface area contributed by atoms with E-state index in [1.807, 2.05) is 6.20 Å². The van der Waals surface area contributed by atoms with E-state index in [1.165, 1.54) is 7.11 Å². The van der Waals surface area contributed by atoms with E-state index in [1.54, 1.807) is 36.2 Å². The summed E-state index contributed by atoms with van der Waals surface area (Å²) in [6, 6.07) is 4.96. The largest absolute Gasteiger partial charge is 0.465 e. The molecule has 0 fully saturated rings. The molecule has 0 amide bonds. The third kappa shape index (κ3) is 3.73. The number of aromatic nitrogens is 2. The van der Waals surface area contributed by atoms with Crippen molar-refractivity contribution in [2.24, 2.45) is 0 Å². The predicted octanol–water partition coefficient (Wildman–Crippen LogP) is 1.64. The second-order valence-electron chi connectivity index (χ2n) is 4.40. The first kappa shape index (κ1) is 14.9. The summed E-state index contributed by atoms with van der Waals surface area (Å²) in [4.78, 5) is 11.4. The van der Waals surface area contributed by atoms with Crippen LogP contribution >= 0.6 is 0 Å². The number of ether oxygens (including phenoxy) is 2. The summed E-state index contributed by atoms with van der Waals surface area (Å²) >= 11 is 0. The molecule has 21 heavy (non-hydrogen) atoms. The van der Waals surface area contributed by atoms with Crippen LogP contribution in [0.5, 0.6) is 0 Å². The maximum Gasteiger partial charge on any atom is 0.337 e. The van der Waals surface area contributed by atoms with E-state index in [0.29, 0.717) is 30.1 Å². The molecule has 2 aromatic rings. The molecule has 0 saturated heterocycles. The lowest BCUT2D eigenvalue weighted by Gasteiger charge is -2.08. The molecule has 0 atom stereocenters. The average molecular weight is 290 g/mol. The minimum Gasteiger partial charge on any atom is -0.465 e. The number of methoxy groups -OCH3 is 2. The van der Waals surface area contributed by atoms with Crippen molar-refractivity contribution in [2.45, 2.75) is 6.54 Å². The molecule has 7 nitrogen and oxygen atoms in total. The molecule has 0 spiro atoms. The van der Waals surface area contributed by atoms with E-state index in [2.05, 4.69) is 15.2 Å². The lowest BCUT2D eigenvalue weighted by atomic mass is 10.1. The van der Waals surface area contributed by atoms with Crippen molar-refractivity contribution < 1.29 is 14.3 Å². The van der Waals surface area contributed by atoms with E-state index < -0.39 is 5.97 Å². The molecule has 1 aromatic carbocycles. The van der Waals surface area contributed by atoms with Crippen molar-refractivity contribution in [3.8, 4) is 0 Å². The number of nitrogen functional groups attached to an aromatic ring is 1. The zero-order chi connectivity index (χ0) is 15.2. The summed E-state index contributed by atoms with van der Waals surface area (Å²) in [5, 5.41) is 7.35. The number of nitrogens with one attached hydrogen (secondary N) is 1. The predicted molar refractivity (Wildman–Crippen MR) is 79.6 cm³/mol. The standard InChI is InChI=1S/C14H18N4O3/c1-20-6-5-18-9-11(8-16-18)17-13-4-3-10(7-12(13)15)14(19)21-2/h3-4,7-9,17H,5-6,15H2,1-2H3. The molecule has 0 aliphatic carbocycles. The molecule has 0 bridgehead atoms. The lowest BCUT2D eigenvalue weighted by Crippen LogP contribution is -2.04. The highest BCUT2D eigenvalue weighted by Gasteiger charge is 2.08. The van der Waals surface area contributed by atoms with Gasteiger partial charge in [-0.2, -0.15) is 5.10 Å². The molecule has 0 aliphatic heterocycles. The third-order valence-corrected chi connectivity index (χ3v) is 2.91. The van der Waals surface area contributed by atoms with E-state index in [9.17, 15) is 4.79 Å². The van der Waals surface area contributed by atoms with Crippen LogP contribution in [0.2, 0.25) is 0 Å². The van der Waals surface area contributed by atoms with Gasteiger partial charge in [-0.1, -0.05) is 0 Å². The SMILES string of the molecule is COCCn1cc(Nc2ccc(C(=O)OC)cc2N)cn1. The van der Waals surface area contributed by atoms with Crippen LogP contribution < -0.4 is 11.1 Å². The minimum atomic E-state index is -0.416. The van der Waals surface area contributed by atoms with Crippen molar-refractivity contribution in [3.05, 3.63) is 36.2 Å². The minimum absolute atomic E-state index is 0.413. The van der Waals surface area contributed by atoms with E-state index in [4.69, 9.17) is 10.5 Å². The maximum atomic E-state index is 11.4. The third-order valence-electron chi connectivity index (χ3n) is 2.91. The van der Waals surface area contributed by atoms with Gasteiger partial charge >= 0.3 is 5.97 Å². The molecule has 0 radical (unpaired) electrons. The van der Waals surface area contributed by atoms with E-state index >= 15 is 0 Å². The first-order valence-electron chi connectivity index (χ1n) is 6.40. The summed E-state index contributed by atoms with van der Waals surface area (Å²) in [5.41, 5.74) is 8.32. The molecule has 3 N–H and O–H groups in total. The average Bonchev–Trinajstić information content (AvgIpc) is 2.94. The topological polar surface area (TPSA) is 91.4 Å². The highest BCUT2D eigenvalue weighted by molar-refractivity contribution is 5.92. The van der Waals surface area contributed by atoms with Gasteiger partial charge in [0.25, 0.3) is 0 Å². The number of carbonyl (C=O) groups is 1. The number of hydrogen-bond acceptors (Lipinski definition) is 6. The molecule has 0 saturated carbocycles. The molecule has 2 rings (SSSR count). The Morgan fingerprint density at radius 3 is 2.90 bits per heavy atom. The van der Waals surface area contributed by atoms with Crippen LogP contribution in [0.4, 0.5) is 17.1 Å². The van der Waals surface area contributed by atoms with Gasteiger partial charge in [-0.05, 0) is 18.2 Å². The summed E-state index contributed by atoms with van der Waals surface area (Å²) in [6.07, 6.45) is 3.55. The van der Waals surface area contributed by atoms with Crippen molar-refractivity contribution in [2.75, 3.05) is 31.9 Å². The number of nitrogens with two attached hydrogens (primary N) is 1. The molecular formula is C14H18N4O3. The number of hydrogen-bond donors (Lipinski definition) is 2. The molecule has 1 heterocycles. The van der Waals surface area contributed by atoms with Gasteiger partial charge in [0.2, 0.25) is 0 Å². The van der Waals surface area contributed by atoms with Crippen LogP contribution in [-0.4, -0.2) is 36.6 Å². The van der Waals surface area contributed by atoms with E-state index in [0.717, 1.165) is 5.69 Å². The number of benzene rings is 1. The Labute approximate surface area is 122 Å². The van der Waals surface area contributed by atoms with Crippen LogP contribution in [0, 0.1) is 0 Å². The fraction of sp³-hybridized carbons (Fsp3) is 0.286. The van der Waals surface area contributed by atoms with Crippen molar-refractivity contribution >= 4 is 23.0 Å². The Hall–Kier alpha value is -2.54. The Kier molecular flexibility index (Phi) is 4.78. The molecule has 0 aliphatic rings. The van der Waals surface area contributed by atoms with Crippen molar-refractivity contribution in [1.82, 2.24) is 9.78 Å². The molecule has 112 valence electrons. The Morgan fingerprint density at radius 2 is 2.24 bits per heavy atom. The molecule has 0 unspecified atom stereocenters. The first-order valence-corrected chi connectivity index (χ1v) is 6.40. The Bertz CT molecular complexity index is 624. The van der Waals surface area contributed by atoms with Gasteiger partial charge in [0.1, 0.15) is 0 Å². The highest BCUT2D eigenvalue weighted by atomic mass is 16.5. The van der Waals surface area contributed by atoms with Crippen LogP contribution in [0.15, 0.2) is 30.6 Å². The van der Waals surface area contributed by atoms with Gasteiger partial charge in [-0.3, -0.25) is 4.68 Å². The van der Waals surface area contributed by atoms with Crippen LogP contribution in [-0.2, 0) is 16.0 Å².